The Kier molecular flexibility index (Phi) is 3.59. The summed E-state index contributed by atoms with van der Waals surface area (Å²) in [6.45, 7) is 0.828. The Balaban J connectivity index is 1.76. The minimum absolute atomic E-state index is 0.108. The van der Waals surface area contributed by atoms with Crippen LogP contribution in [0.4, 0.5) is 4.39 Å². The van der Waals surface area contributed by atoms with E-state index in [1.165, 1.54) is 12.1 Å². The fraction of sp³-hybridized carbons (Fsp3) is 0.130. The number of rotatable bonds is 2. The maximum atomic E-state index is 13.6. The second-order valence-corrected chi connectivity index (χ2v) is 7.00. The normalized spacial score (nSPS) is 20.2. The average Bonchev–Trinajstić information content (AvgIpc) is 3.25. The predicted molar refractivity (Wildman–Crippen MR) is 102 cm³/mol. The van der Waals surface area contributed by atoms with Crippen molar-refractivity contribution in [2.45, 2.75) is 5.66 Å². The number of nitrogens with zero attached hydrogens (tertiary/aromatic N) is 2. The third kappa shape index (κ3) is 2.10. The predicted octanol–water partition coefficient (Wildman–Crippen LogP) is 3.64. The van der Waals surface area contributed by atoms with E-state index in [4.69, 9.17) is 0 Å². The van der Waals surface area contributed by atoms with E-state index in [1.807, 2.05) is 36.4 Å². The Hall–Kier alpha value is -3.47. The van der Waals surface area contributed by atoms with Crippen LogP contribution in [0.25, 0.3) is 0 Å². The van der Waals surface area contributed by atoms with Crippen molar-refractivity contribution in [1.82, 2.24) is 9.80 Å². The molecule has 1 fully saturated rings. The third-order valence-corrected chi connectivity index (χ3v) is 5.62. The van der Waals surface area contributed by atoms with Crippen molar-refractivity contribution in [2.24, 2.45) is 0 Å². The standard InChI is InChI=1S/C23H17FN2O2/c24-18-12-10-17(11-13-18)23-20-9-5-4-8-19(20)22(28)26(23)15-14-25(23)21(27)16-6-2-1-3-7-16/h1-13H,14-15H2. The van der Waals surface area contributed by atoms with Gasteiger partial charge in [0.2, 0.25) is 0 Å². The highest BCUT2D eigenvalue weighted by molar-refractivity contribution is 6.03. The molecule has 3 aromatic rings. The van der Waals surface area contributed by atoms with Crippen molar-refractivity contribution < 1.29 is 14.0 Å². The number of hydrogen-bond donors (Lipinski definition) is 0. The van der Waals surface area contributed by atoms with Crippen molar-refractivity contribution in [3.63, 3.8) is 0 Å². The van der Waals surface area contributed by atoms with Gasteiger partial charge in [-0.15, -0.1) is 0 Å². The van der Waals surface area contributed by atoms with E-state index in [2.05, 4.69) is 0 Å². The van der Waals surface area contributed by atoms with Gasteiger partial charge < -0.3 is 9.80 Å². The maximum Gasteiger partial charge on any atom is 0.256 e. The molecule has 0 spiro atoms. The molecule has 28 heavy (non-hydrogen) atoms. The zero-order chi connectivity index (χ0) is 19.3. The van der Waals surface area contributed by atoms with Gasteiger partial charge in [-0.2, -0.15) is 0 Å². The summed E-state index contributed by atoms with van der Waals surface area (Å²) in [5, 5.41) is 0. The van der Waals surface area contributed by atoms with Crippen molar-refractivity contribution in [1.29, 1.82) is 0 Å². The van der Waals surface area contributed by atoms with Crippen molar-refractivity contribution in [2.75, 3.05) is 13.1 Å². The molecule has 1 unspecified atom stereocenters. The maximum absolute atomic E-state index is 13.6. The molecule has 0 aromatic heterocycles. The monoisotopic (exact) mass is 372 g/mol. The van der Waals surface area contributed by atoms with Crippen LogP contribution in [0.2, 0.25) is 0 Å². The highest BCUT2D eigenvalue weighted by Crippen LogP contribution is 2.49. The largest absolute Gasteiger partial charge is 0.306 e. The lowest BCUT2D eigenvalue weighted by atomic mass is 9.89. The number of carbonyl (C=O) groups excluding carboxylic acids is 2. The molecule has 0 aliphatic carbocycles. The molecule has 0 saturated carbocycles. The third-order valence-electron chi connectivity index (χ3n) is 5.62. The second kappa shape index (κ2) is 6.02. The van der Waals surface area contributed by atoms with Crippen molar-refractivity contribution in [3.05, 3.63) is 107 Å². The molecule has 2 aliphatic heterocycles. The summed E-state index contributed by atoms with van der Waals surface area (Å²) in [5.41, 5.74) is 1.54. The van der Waals surface area contributed by atoms with Crippen molar-refractivity contribution in [3.8, 4) is 0 Å². The fourth-order valence-electron chi connectivity index (χ4n) is 4.46. The molecule has 3 aromatic carbocycles. The van der Waals surface area contributed by atoms with Gasteiger partial charge in [-0.25, -0.2) is 4.39 Å². The van der Waals surface area contributed by atoms with E-state index >= 15 is 0 Å². The molecule has 0 N–H and O–H groups in total. The minimum atomic E-state index is -1.06. The highest BCUT2D eigenvalue weighted by atomic mass is 19.1. The lowest BCUT2D eigenvalue weighted by Gasteiger charge is -2.40. The van der Waals surface area contributed by atoms with Crippen LogP contribution in [0, 0.1) is 5.82 Å². The topological polar surface area (TPSA) is 40.6 Å². The van der Waals surface area contributed by atoms with Crippen LogP contribution in [0.5, 0.6) is 0 Å². The summed E-state index contributed by atoms with van der Waals surface area (Å²) in [7, 11) is 0. The Morgan fingerprint density at radius 1 is 0.857 bits per heavy atom. The zero-order valence-corrected chi connectivity index (χ0v) is 15.0. The molecule has 0 radical (unpaired) electrons. The molecule has 138 valence electrons. The van der Waals surface area contributed by atoms with Gasteiger partial charge in [0.05, 0.1) is 0 Å². The minimum Gasteiger partial charge on any atom is -0.306 e. The smallest absolute Gasteiger partial charge is 0.256 e. The number of amides is 2. The number of halogens is 1. The number of benzene rings is 3. The lowest BCUT2D eigenvalue weighted by molar-refractivity contribution is 0.0375. The van der Waals surface area contributed by atoms with Gasteiger partial charge >= 0.3 is 0 Å². The van der Waals surface area contributed by atoms with Crippen LogP contribution in [-0.4, -0.2) is 34.7 Å². The van der Waals surface area contributed by atoms with Gasteiger partial charge in [0.15, 0.2) is 5.66 Å². The first-order valence-corrected chi connectivity index (χ1v) is 9.18. The van der Waals surface area contributed by atoms with Crippen LogP contribution >= 0.6 is 0 Å². The van der Waals surface area contributed by atoms with E-state index in [9.17, 15) is 14.0 Å². The fourth-order valence-corrected chi connectivity index (χ4v) is 4.46. The van der Waals surface area contributed by atoms with Gasteiger partial charge in [0.25, 0.3) is 11.8 Å². The molecule has 1 atom stereocenters. The van der Waals surface area contributed by atoms with Gasteiger partial charge in [-0.1, -0.05) is 48.5 Å². The Morgan fingerprint density at radius 3 is 2.29 bits per heavy atom. The lowest BCUT2D eigenvalue weighted by Crippen LogP contribution is -2.51. The number of fused-ring (bicyclic) bond motifs is 3. The molecule has 4 nitrogen and oxygen atoms in total. The molecule has 5 rings (SSSR count). The molecule has 2 heterocycles. The molecule has 5 heteroatoms. The summed E-state index contributed by atoms with van der Waals surface area (Å²) in [6.07, 6.45) is 0. The Labute approximate surface area is 161 Å². The van der Waals surface area contributed by atoms with E-state index in [1.54, 1.807) is 40.1 Å². The summed E-state index contributed by atoms with van der Waals surface area (Å²) in [4.78, 5) is 30.1. The van der Waals surface area contributed by atoms with E-state index < -0.39 is 5.66 Å². The van der Waals surface area contributed by atoms with E-state index in [-0.39, 0.29) is 17.6 Å². The van der Waals surface area contributed by atoms with Crippen molar-refractivity contribution >= 4 is 11.8 Å². The van der Waals surface area contributed by atoms with Crippen LogP contribution in [0.3, 0.4) is 0 Å². The number of carbonyl (C=O) groups is 2. The Morgan fingerprint density at radius 2 is 1.54 bits per heavy atom. The first-order valence-electron chi connectivity index (χ1n) is 9.18. The Bertz CT molecular complexity index is 1080. The van der Waals surface area contributed by atoms with Gasteiger partial charge in [-0.3, -0.25) is 9.59 Å². The first kappa shape index (κ1) is 16.7. The van der Waals surface area contributed by atoms with Gasteiger partial charge in [-0.05, 0) is 30.3 Å². The molecular formula is C23H17FN2O2. The van der Waals surface area contributed by atoms with Gasteiger partial charge in [0, 0.05) is 35.3 Å². The molecular weight excluding hydrogens is 355 g/mol. The first-order chi connectivity index (χ1) is 13.6. The van der Waals surface area contributed by atoms with Crippen LogP contribution in [0.15, 0.2) is 78.9 Å². The average molecular weight is 372 g/mol. The second-order valence-electron chi connectivity index (χ2n) is 7.00. The molecule has 0 bridgehead atoms. The highest BCUT2D eigenvalue weighted by Gasteiger charge is 2.59. The van der Waals surface area contributed by atoms with E-state index in [0.29, 0.717) is 29.8 Å². The number of hydrogen-bond acceptors (Lipinski definition) is 2. The van der Waals surface area contributed by atoms with Crippen LogP contribution < -0.4 is 0 Å². The van der Waals surface area contributed by atoms with Crippen LogP contribution in [-0.2, 0) is 5.66 Å². The van der Waals surface area contributed by atoms with Gasteiger partial charge in [0.1, 0.15) is 5.82 Å². The molecule has 2 amide bonds. The molecule has 1 saturated heterocycles. The zero-order valence-electron chi connectivity index (χ0n) is 15.0. The summed E-state index contributed by atoms with van der Waals surface area (Å²) in [6, 6.07) is 22.5. The summed E-state index contributed by atoms with van der Waals surface area (Å²) >= 11 is 0. The SMILES string of the molecule is O=C(c1ccccc1)N1CCN2C(=O)c3ccccc3C12c1ccc(F)cc1. The summed E-state index contributed by atoms with van der Waals surface area (Å²) < 4.78 is 13.6. The quantitative estimate of drug-likeness (QED) is 0.689. The van der Waals surface area contributed by atoms with E-state index in [0.717, 1.165) is 5.56 Å². The van der Waals surface area contributed by atoms with Crippen LogP contribution in [0.1, 0.15) is 31.8 Å². The molecule has 2 aliphatic rings. The summed E-state index contributed by atoms with van der Waals surface area (Å²) in [5.74, 6) is -0.622.